The van der Waals surface area contributed by atoms with E-state index in [9.17, 15) is 0 Å². The van der Waals surface area contributed by atoms with Crippen LogP contribution in [-0.2, 0) is 11.3 Å². The predicted octanol–water partition coefficient (Wildman–Crippen LogP) is 1.91. The van der Waals surface area contributed by atoms with Crippen molar-refractivity contribution in [1.29, 1.82) is 0 Å². The van der Waals surface area contributed by atoms with Gasteiger partial charge in [-0.15, -0.1) is 0 Å². The smallest absolute Gasteiger partial charge is 0.0477 e. The zero-order valence-electron chi connectivity index (χ0n) is 9.62. The number of hydrogen-bond acceptors (Lipinski definition) is 3. The van der Waals surface area contributed by atoms with Crippen molar-refractivity contribution in [1.82, 2.24) is 10.3 Å². The molecule has 1 aromatic rings. The van der Waals surface area contributed by atoms with E-state index in [-0.39, 0.29) is 0 Å². The van der Waals surface area contributed by atoms with Crippen molar-refractivity contribution < 1.29 is 4.74 Å². The predicted molar refractivity (Wildman–Crippen MR) is 61.8 cm³/mol. The Morgan fingerprint density at radius 1 is 1.47 bits per heavy atom. The monoisotopic (exact) mass is 208 g/mol. The van der Waals surface area contributed by atoms with Gasteiger partial charge in [0.25, 0.3) is 0 Å². The molecule has 0 unspecified atom stereocenters. The SMILES string of the molecule is CCOCCCNCc1cnccc1C. The van der Waals surface area contributed by atoms with Gasteiger partial charge in [0, 0.05) is 32.2 Å². The minimum atomic E-state index is 0.807. The van der Waals surface area contributed by atoms with Crippen LogP contribution in [0.5, 0.6) is 0 Å². The standard InChI is InChI=1S/C12H20N2O/c1-3-15-8-4-6-13-9-12-10-14-7-5-11(12)2/h5,7,10,13H,3-4,6,8-9H2,1-2H3. The third-order valence-electron chi connectivity index (χ3n) is 2.31. The summed E-state index contributed by atoms with van der Waals surface area (Å²) in [6.45, 7) is 7.67. The lowest BCUT2D eigenvalue weighted by Crippen LogP contribution is -2.17. The summed E-state index contributed by atoms with van der Waals surface area (Å²) in [5.41, 5.74) is 2.57. The zero-order chi connectivity index (χ0) is 10.9. The third-order valence-corrected chi connectivity index (χ3v) is 2.31. The molecule has 0 radical (unpaired) electrons. The Kier molecular flexibility index (Phi) is 5.97. The molecule has 0 fully saturated rings. The summed E-state index contributed by atoms with van der Waals surface area (Å²) in [5, 5.41) is 3.38. The van der Waals surface area contributed by atoms with Gasteiger partial charge in [0.15, 0.2) is 0 Å². The van der Waals surface area contributed by atoms with Crippen molar-refractivity contribution >= 4 is 0 Å². The van der Waals surface area contributed by atoms with E-state index in [4.69, 9.17) is 4.74 Å². The minimum absolute atomic E-state index is 0.807. The van der Waals surface area contributed by atoms with Crippen LogP contribution in [0.4, 0.5) is 0 Å². The van der Waals surface area contributed by atoms with Gasteiger partial charge in [0.1, 0.15) is 0 Å². The van der Waals surface area contributed by atoms with Crippen LogP contribution in [0.3, 0.4) is 0 Å². The summed E-state index contributed by atoms with van der Waals surface area (Å²) in [5.74, 6) is 0. The van der Waals surface area contributed by atoms with Crippen molar-refractivity contribution in [3.63, 3.8) is 0 Å². The molecule has 0 aliphatic rings. The fourth-order valence-electron chi connectivity index (χ4n) is 1.35. The summed E-state index contributed by atoms with van der Waals surface area (Å²) < 4.78 is 5.26. The lowest BCUT2D eigenvalue weighted by atomic mass is 10.1. The molecule has 15 heavy (non-hydrogen) atoms. The quantitative estimate of drug-likeness (QED) is 0.695. The van der Waals surface area contributed by atoms with Crippen molar-refractivity contribution in [2.75, 3.05) is 19.8 Å². The van der Waals surface area contributed by atoms with Crippen LogP contribution < -0.4 is 5.32 Å². The number of pyridine rings is 1. The van der Waals surface area contributed by atoms with Crippen LogP contribution in [0.1, 0.15) is 24.5 Å². The van der Waals surface area contributed by atoms with E-state index in [2.05, 4.69) is 17.2 Å². The highest BCUT2D eigenvalue weighted by Gasteiger charge is 1.96. The van der Waals surface area contributed by atoms with Crippen molar-refractivity contribution in [2.24, 2.45) is 0 Å². The number of ether oxygens (including phenoxy) is 1. The Morgan fingerprint density at radius 3 is 3.07 bits per heavy atom. The Labute approximate surface area is 91.9 Å². The van der Waals surface area contributed by atoms with Gasteiger partial charge >= 0.3 is 0 Å². The molecular weight excluding hydrogens is 188 g/mol. The molecule has 1 rings (SSSR count). The molecule has 1 aromatic heterocycles. The minimum Gasteiger partial charge on any atom is -0.382 e. The molecule has 0 amide bonds. The van der Waals surface area contributed by atoms with Gasteiger partial charge in [0.05, 0.1) is 0 Å². The Bertz CT molecular complexity index is 276. The highest BCUT2D eigenvalue weighted by Crippen LogP contribution is 2.03. The van der Waals surface area contributed by atoms with Crippen molar-refractivity contribution in [3.05, 3.63) is 29.6 Å². The summed E-state index contributed by atoms with van der Waals surface area (Å²) >= 11 is 0. The average Bonchev–Trinajstić information content (AvgIpc) is 2.25. The number of aromatic nitrogens is 1. The van der Waals surface area contributed by atoms with Crippen LogP contribution in [0.15, 0.2) is 18.5 Å². The Morgan fingerprint density at radius 2 is 2.33 bits per heavy atom. The van der Waals surface area contributed by atoms with Gasteiger partial charge in [-0.1, -0.05) is 0 Å². The van der Waals surface area contributed by atoms with E-state index in [1.807, 2.05) is 25.4 Å². The third kappa shape index (κ3) is 4.91. The van der Waals surface area contributed by atoms with Crippen LogP contribution in [-0.4, -0.2) is 24.7 Å². The fraction of sp³-hybridized carbons (Fsp3) is 0.583. The van der Waals surface area contributed by atoms with Gasteiger partial charge in [-0.05, 0) is 44.0 Å². The normalized spacial score (nSPS) is 10.5. The van der Waals surface area contributed by atoms with Gasteiger partial charge < -0.3 is 10.1 Å². The van der Waals surface area contributed by atoms with E-state index in [0.29, 0.717) is 0 Å². The fourth-order valence-corrected chi connectivity index (χ4v) is 1.35. The van der Waals surface area contributed by atoms with Crippen LogP contribution >= 0.6 is 0 Å². The van der Waals surface area contributed by atoms with Gasteiger partial charge in [0.2, 0.25) is 0 Å². The Balaban J connectivity index is 2.12. The van der Waals surface area contributed by atoms with Crippen molar-refractivity contribution in [2.45, 2.75) is 26.8 Å². The topological polar surface area (TPSA) is 34.1 Å². The van der Waals surface area contributed by atoms with Gasteiger partial charge in [-0.25, -0.2) is 0 Å². The molecule has 0 atom stereocenters. The number of aryl methyl sites for hydroxylation is 1. The molecule has 0 spiro atoms. The average molecular weight is 208 g/mol. The second-order valence-corrected chi connectivity index (χ2v) is 3.53. The first-order valence-electron chi connectivity index (χ1n) is 5.52. The second-order valence-electron chi connectivity index (χ2n) is 3.53. The Hall–Kier alpha value is -0.930. The molecule has 3 nitrogen and oxygen atoms in total. The molecule has 84 valence electrons. The summed E-state index contributed by atoms with van der Waals surface area (Å²) in [4.78, 5) is 4.11. The molecule has 1 heterocycles. The van der Waals surface area contributed by atoms with Crippen LogP contribution in [0.25, 0.3) is 0 Å². The van der Waals surface area contributed by atoms with Gasteiger partial charge in [-0.2, -0.15) is 0 Å². The molecule has 0 saturated heterocycles. The van der Waals surface area contributed by atoms with E-state index in [1.54, 1.807) is 0 Å². The molecular formula is C12H20N2O. The zero-order valence-corrected chi connectivity index (χ0v) is 9.62. The lowest BCUT2D eigenvalue weighted by molar-refractivity contribution is 0.144. The highest BCUT2D eigenvalue weighted by atomic mass is 16.5. The van der Waals surface area contributed by atoms with E-state index in [1.165, 1.54) is 11.1 Å². The number of nitrogens with one attached hydrogen (secondary N) is 1. The van der Waals surface area contributed by atoms with Crippen molar-refractivity contribution in [3.8, 4) is 0 Å². The van der Waals surface area contributed by atoms with E-state index < -0.39 is 0 Å². The lowest BCUT2D eigenvalue weighted by Gasteiger charge is -2.06. The molecule has 0 aromatic carbocycles. The number of hydrogen-bond donors (Lipinski definition) is 1. The molecule has 1 N–H and O–H groups in total. The maximum absolute atomic E-state index is 5.26. The van der Waals surface area contributed by atoms with Crippen LogP contribution in [0, 0.1) is 6.92 Å². The molecule has 0 bridgehead atoms. The van der Waals surface area contributed by atoms with E-state index in [0.717, 1.165) is 32.7 Å². The summed E-state index contributed by atoms with van der Waals surface area (Å²) in [6.07, 6.45) is 4.81. The summed E-state index contributed by atoms with van der Waals surface area (Å²) in [6, 6.07) is 2.04. The highest BCUT2D eigenvalue weighted by molar-refractivity contribution is 5.20. The largest absolute Gasteiger partial charge is 0.382 e. The molecule has 0 aliphatic heterocycles. The molecule has 0 aliphatic carbocycles. The van der Waals surface area contributed by atoms with E-state index >= 15 is 0 Å². The summed E-state index contributed by atoms with van der Waals surface area (Å²) in [7, 11) is 0. The first-order valence-corrected chi connectivity index (χ1v) is 5.52. The first kappa shape index (κ1) is 12.1. The maximum atomic E-state index is 5.26. The first-order chi connectivity index (χ1) is 7.34. The maximum Gasteiger partial charge on any atom is 0.0477 e. The van der Waals surface area contributed by atoms with Crippen LogP contribution in [0.2, 0.25) is 0 Å². The number of nitrogens with zero attached hydrogens (tertiary/aromatic N) is 1. The molecule has 3 heteroatoms. The number of rotatable bonds is 7. The van der Waals surface area contributed by atoms with Gasteiger partial charge in [-0.3, -0.25) is 4.98 Å². The second kappa shape index (κ2) is 7.37. The molecule has 0 saturated carbocycles.